The number of carbonyl (C=O) groups excluding carboxylic acids is 2. The van der Waals surface area contributed by atoms with Crippen molar-refractivity contribution in [3.05, 3.63) is 104 Å². The summed E-state index contributed by atoms with van der Waals surface area (Å²) >= 11 is 0. The minimum atomic E-state index is -0.923. The van der Waals surface area contributed by atoms with Crippen molar-refractivity contribution in [2.24, 2.45) is 0 Å². The molecule has 4 rings (SSSR count). The van der Waals surface area contributed by atoms with Crippen LogP contribution in [0.4, 0.5) is 0 Å². The van der Waals surface area contributed by atoms with Gasteiger partial charge in [-0.25, -0.2) is 0 Å². The van der Waals surface area contributed by atoms with E-state index < -0.39 is 11.9 Å². The summed E-state index contributed by atoms with van der Waals surface area (Å²) in [7, 11) is 0. The fraction of sp³-hybridized carbons (Fsp3) is 0.314. The Labute approximate surface area is 262 Å². The largest absolute Gasteiger partial charge is 0.481 e. The molecule has 10 nitrogen and oxygen atoms in total. The molecule has 0 saturated heterocycles. The van der Waals surface area contributed by atoms with E-state index >= 15 is 0 Å². The first-order valence-corrected chi connectivity index (χ1v) is 14.8. The van der Waals surface area contributed by atoms with E-state index in [1.165, 1.54) is 6.08 Å². The van der Waals surface area contributed by atoms with Crippen molar-refractivity contribution in [1.82, 2.24) is 20.6 Å². The number of aliphatic carboxylic acids is 2. The number of H-pyrrole nitrogens is 2. The molecule has 0 aliphatic carbocycles. The predicted molar refractivity (Wildman–Crippen MR) is 173 cm³/mol. The number of nitrogens with one attached hydrogen (secondary N) is 4. The summed E-state index contributed by atoms with van der Waals surface area (Å²) in [5.41, 5.74) is 11.1. The molecule has 0 aromatic carbocycles. The van der Waals surface area contributed by atoms with Gasteiger partial charge >= 0.3 is 11.9 Å². The van der Waals surface area contributed by atoms with Crippen molar-refractivity contribution in [2.75, 3.05) is 0 Å². The van der Waals surface area contributed by atoms with Crippen LogP contribution in [0.1, 0.15) is 91.5 Å². The van der Waals surface area contributed by atoms with Gasteiger partial charge in [-0.2, -0.15) is 0 Å². The number of aromatic nitrogens is 2. The molecule has 2 aromatic rings. The molecule has 2 aromatic heterocycles. The number of carbonyl (C=O) groups is 4. The Bertz CT molecular complexity index is 1790. The highest BCUT2D eigenvalue weighted by atomic mass is 16.4. The Hall–Kier alpha value is -5.12. The van der Waals surface area contributed by atoms with E-state index in [0.29, 0.717) is 28.1 Å². The summed E-state index contributed by atoms with van der Waals surface area (Å²) in [4.78, 5) is 55.2. The number of allylic oxidation sites excluding steroid dienone is 3. The van der Waals surface area contributed by atoms with Gasteiger partial charge in [0.1, 0.15) is 0 Å². The van der Waals surface area contributed by atoms with E-state index in [2.05, 4.69) is 33.8 Å². The van der Waals surface area contributed by atoms with Crippen molar-refractivity contribution in [1.29, 1.82) is 0 Å². The summed E-state index contributed by atoms with van der Waals surface area (Å²) in [6, 6.07) is 0. The monoisotopic (exact) mass is 612 g/mol. The molecule has 0 fully saturated rings. The molecule has 1 atom stereocenters. The van der Waals surface area contributed by atoms with E-state index in [1.807, 2.05) is 40.7 Å². The second kappa shape index (κ2) is 12.9. The number of amides is 2. The molecule has 2 amide bonds. The first kappa shape index (κ1) is 32.8. The highest BCUT2D eigenvalue weighted by molar-refractivity contribution is 6.04. The van der Waals surface area contributed by atoms with Crippen molar-refractivity contribution in [2.45, 2.75) is 73.1 Å². The van der Waals surface area contributed by atoms with Gasteiger partial charge < -0.3 is 30.8 Å². The topological polar surface area (TPSA) is 164 Å². The van der Waals surface area contributed by atoms with E-state index in [1.54, 1.807) is 13.0 Å². The molecule has 6 N–H and O–H groups in total. The SMILES string of the molecule is C=CC1=C(C)/C(=C(\C)c2[nH]c(C(C)c3[nH]c(/C=C4\NC(=O)C(C)=C4C=C)c(C)c3CCC(=O)O)c(CCC(=O)O)c2C)NC1=O. The normalized spacial score (nSPS) is 17.6. The van der Waals surface area contributed by atoms with E-state index in [0.717, 1.165) is 56.2 Å². The van der Waals surface area contributed by atoms with E-state index in [-0.39, 0.29) is 43.4 Å². The third-order valence-electron chi connectivity index (χ3n) is 8.90. The standard InChI is InChI=1S/C35H40N4O6/c1-9-22-19(6)34(44)37-27(22)15-26-16(3)24(11-13-28(40)41)32(36-26)21(8)33-25(12-14-29(42)43)18(5)30(38-33)20(7)31-17(4)23(10-2)35(45)39-31/h9-10,15,21,36,38H,1-2,11-14H2,3-8H3,(H,37,44)(H,39,45)(H,40,41)(H,42,43)/b27-15-,31-20-. The number of rotatable bonds is 12. The predicted octanol–water partition coefficient (Wildman–Crippen LogP) is 5.48. The van der Waals surface area contributed by atoms with Crippen LogP contribution in [0.15, 0.2) is 59.0 Å². The summed E-state index contributed by atoms with van der Waals surface area (Å²) in [5, 5.41) is 24.9. The molecule has 0 spiro atoms. The number of hydrogen-bond donors (Lipinski definition) is 6. The average Bonchev–Trinajstić information content (AvgIpc) is 3.66. The van der Waals surface area contributed by atoms with Crippen LogP contribution in [0, 0.1) is 13.8 Å². The third kappa shape index (κ3) is 6.13. The van der Waals surface area contributed by atoms with Gasteiger partial charge in [-0.1, -0.05) is 32.2 Å². The molecule has 1 unspecified atom stereocenters. The average molecular weight is 613 g/mol. The Kier molecular flexibility index (Phi) is 9.37. The molecule has 0 bridgehead atoms. The van der Waals surface area contributed by atoms with Gasteiger partial charge in [0.25, 0.3) is 11.8 Å². The second-order valence-electron chi connectivity index (χ2n) is 11.5. The zero-order valence-corrected chi connectivity index (χ0v) is 26.6. The Morgan fingerprint density at radius 1 is 0.800 bits per heavy atom. The quantitative estimate of drug-likeness (QED) is 0.186. The maximum absolute atomic E-state index is 12.5. The van der Waals surface area contributed by atoms with Crippen LogP contribution in [0.5, 0.6) is 0 Å². The maximum atomic E-state index is 12.5. The van der Waals surface area contributed by atoms with Crippen LogP contribution in [0.3, 0.4) is 0 Å². The molecular weight excluding hydrogens is 572 g/mol. The molecule has 45 heavy (non-hydrogen) atoms. The van der Waals surface area contributed by atoms with Gasteiger partial charge in [-0.15, -0.1) is 0 Å². The minimum Gasteiger partial charge on any atom is -0.481 e. The molecule has 2 aliphatic heterocycles. The fourth-order valence-corrected chi connectivity index (χ4v) is 6.30. The zero-order chi connectivity index (χ0) is 33.3. The lowest BCUT2D eigenvalue weighted by Gasteiger charge is -2.15. The lowest BCUT2D eigenvalue weighted by atomic mass is 9.91. The van der Waals surface area contributed by atoms with Crippen molar-refractivity contribution in [3.8, 4) is 0 Å². The van der Waals surface area contributed by atoms with Crippen molar-refractivity contribution >= 4 is 35.4 Å². The van der Waals surface area contributed by atoms with E-state index in [4.69, 9.17) is 0 Å². The molecule has 4 heterocycles. The number of hydrogen-bond acceptors (Lipinski definition) is 4. The fourth-order valence-electron chi connectivity index (χ4n) is 6.30. The van der Waals surface area contributed by atoms with Gasteiger partial charge in [-0.3, -0.25) is 19.2 Å². The summed E-state index contributed by atoms with van der Waals surface area (Å²) < 4.78 is 0. The van der Waals surface area contributed by atoms with Crippen LogP contribution in [-0.4, -0.2) is 43.9 Å². The Morgan fingerprint density at radius 2 is 1.36 bits per heavy atom. The van der Waals surface area contributed by atoms with Gasteiger partial charge in [0.15, 0.2) is 0 Å². The molecule has 10 heteroatoms. The lowest BCUT2D eigenvalue weighted by Crippen LogP contribution is -2.16. The summed E-state index contributed by atoms with van der Waals surface area (Å²) in [5.74, 6) is -2.59. The number of carboxylic acid groups (broad SMARTS) is 2. The highest BCUT2D eigenvalue weighted by Gasteiger charge is 2.29. The van der Waals surface area contributed by atoms with Crippen LogP contribution < -0.4 is 10.6 Å². The minimum absolute atomic E-state index is 0.0769. The van der Waals surface area contributed by atoms with Crippen molar-refractivity contribution < 1.29 is 29.4 Å². The number of aromatic amines is 2. The highest BCUT2D eigenvalue weighted by Crippen LogP contribution is 2.38. The first-order chi connectivity index (χ1) is 21.2. The van der Waals surface area contributed by atoms with Crippen molar-refractivity contribution in [3.63, 3.8) is 0 Å². The third-order valence-corrected chi connectivity index (χ3v) is 8.90. The van der Waals surface area contributed by atoms with Crippen LogP contribution in [0.25, 0.3) is 11.6 Å². The maximum Gasteiger partial charge on any atom is 0.303 e. The van der Waals surface area contributed by atoms with Gasteiger partial charge in [0, 0.05) is 64.0 Å². The molecule has 236 valence electrons. The molecule has 2 aliphatic rings. The Morgan fingerprint density at radius 3 is 1.89 bits per heavy atom. The summed E-state index contributed by atoms with van der Waals surface area (Å²) in [6.45, 7) is 18.9. The Balaban J connectivity index is 1.90. The molecule has 0 radical (unpaired) electrons. The van der Waals surface area contributed by atoms with Crippen LogP contribution >= 0.6 is 0 Å². The lowest BCUT2D eigenvalue weighted by molar-refractivity contribution is -0.138. The molecular formula is C35H40N4O6. The van der Waals surface area contributed by atoms with Crippen LogP contribution in [-0.2, 0) is 32.0 Å². The van der Waals surface area contributed by atoms with Gasteiger partial charge in [0.05, 0.1) is 5.70 Å². The molecule has 0 saturated carbocycles. The number of carboxylic acids is 2. The smallest absolute Gasteiger partial charge is 0.303 e. The van der Waals surface area contributed by atoms with Gasteiger partial charge in [0.2, 0.25) is 0 Å². The zero-order valence-electron chi connectivity index (χ0n) is 26.6. The van der Waals surface area contributed by atoms with E-state index in [9.17, 15) is 29.4 Å². The summed E-state index contributed by atoms with van der Waals surface area (Å²) in [6.07, 6.45) is 5.39. The second-order valence-corrected chi connectivity index (χ2v) is 11.5. The van der Waals surface area contributed by atoms with Crippen LogP contribution in [0.2, 0.25) is 0 Å². The van der Waals surface area contributed by atoms with Gasteiger partial charge in [-0.05, 0) is 86.9 Å². The first-order valence-electron chi connectivity index (χ1n) is 14.8.